The maximum absolute atomic E-state index is 11.7. The molecule has 0 aliphatic rings. The monoisotopic (exact) mass is 867 g/mol. The Balaban J connectivity index is 0.000000221. The second kappa shape index (κ2) is 14.9. The van der Waals surface area contributed by atoms with Crippen LogP contribution in [0, 0.1) is 17.9 Å². The zero-order valence-corrected chi connectivity index (χ0v) is 30.3. The molecule has 0 saturated carbocycles. The van der Waals surface area contributed by atoms with Crippen molar-refractivity contribution < 1.29 is 30.0 Å². The van der Waals surface area contributed by atoms with Crippen molar-refractivity contribution in [3.05, 3.63) is 90.7 Å². The Morgan fingerprint density at radius 3 is 2.07 bits per heavy atom. The van der Waals surface area contributed by atoms with Gasteiger partial charge in [0.05, 0.1) is 5.76 Å². The molecule has 0 saturated heterocycles. The maximum atomic E-state index is 11.7. The number of hydrogen-bond donors (Lipinski definition) is 1. The Morgan fingerprint density at radius 1 is 0.810 bits per heavy atom. The van der Waals surface area contributed by atoms with Gasteiger partial charge in [0, 0.05) is 38.0 Å². The summed E-state index contributed by atoms with van der Waals surface area (Å²) in [5.41, 5.74) is 2.36. The van der Waals surface area contributed by atoms with Crippen molar-refractivity contribution in [2.24, 2.45) is 11.8 Å². The first-order chi connectivity index (χ1) is 20.0. The van der Waals surface area contributed by atoms with Crippen LogP contribution in [0.15, 0.2) is 84.6 Å². The zero-order valence-electron chi connectivity index (χ0n) is 24.4. The van der Waals surface area contributed by atoms with Gasteiger partial charge in [0.1, 0.15) is 0 Å². The van der Waals surface area contributed by atoms with E-state index >= 15 is 0 Å². The first-order valence-corrected chi connectivity index (χ1v) is 18.0. The van der Waals surface area contributed by atoms with Gasteiger partial charge in [-0.25, -0.2) is 0 Å². The molecule has 6 rings (SSSR count). The van der Waals surface area contributed by atoms with Crippen molar-refractivity contribution in [1.29, 1.82) is 0 Å². The number of hydrogen-bond acceptors (Lipinski definition) is 3. The molecule has 0 atom stereocenters. The number of benzene rings is 4. The van der Waals surface area contributed by atoms with Crippen LogP contribution in [-0.4, -0.2) is 44.9 Å². The van der Waals surface area contributed by atoms with Gasteiger partial charge < -0.3 is 5.11 Å². The van der Waals surface area contributed by atoms with Crippen LogP contribution in [-0.2, 0) is 24.9 Å². The molecule has 0 aliphatic heterocycles. The van der Waals surface area contributed by atoms with Crippen LogP contribution < -0.4 is 0 Å². The molecule has 0 fully saturated rings. The molecule has 2 aromatic heterocycles. The molecule has 0 amide bonds. The fraction of sp³-hybridized carbons (Fsp3) is 0.278. The minimum absolute atomic E-state index is 0. The van der Waals surface area contributed by atoms with Gasteiger partial charge in [0.2, 0.25) is 0 Å². The van der Waals surface area contributed by atoms with Gasteiger partial charge >= 0.3 is 163 Å². The third-order valence-corrected chi connectivity index (χ3v) is 12.6. The van der Waals surface area contributed by atoms with Crippen LogP contribution >= 0.6 is 0 Å². The number of aromatic nitrogens is 1. The second-order valence-corrected chi connectivity index (χ2v) is 14.7. The van der Waals surface area contributed by atoms with Crippen LogP contribution in [0.2, 0.25) is 0 Å². The number of allylic oxidation sites excluding steroid dienone is 2. The molecular weight excluding hydrogens is 829 g/mol. The minimum atomic E-state index is 0. The third kappa shape index (κ3) is 6.76. The molecule has 0 unspecified atom stereocenters. The molecule has 2 heterocycles. The number of fused-ring (bicyclic) bond motifs is 6. The third-order valence-electron chi connectivity index (χ3n) is 7.87. The molecular formula is C36H36IrNO2Se2-. The van der Waals surface area contributed by atoms with E-state index in [-0.39, 0.29) is 58.0 Å². The summed E-state index contributed by atoms with van der Waals surface area (Å²) in [7, 11) is 0. The standard InChI is InChI=1S/C23H12NSe2.C13H24O2.Ir/c1-2-8-15-14(7-1)13-17(23-24-18-10-4-6-12-20(18)26-23)21-16-9-3-5-11-19(16)25-22(15)21;1-5-10(6-2)12(14)9-13(15)11(7-3)8-4;/h1-12H;9-11,14H,5-8H2,1-4H3;/q-1;;/b;12-9-;. The van der Waals surface area contributed by atoms with Gasteiger partial charge in [-0.1, -0.05) is 27.7 Å². The first kappa shape index (κ1) is 32.6. The first-order valence-electron chi connectivity index (χ1n) is 14.5. The summed E-state index contributed by atoms with van der Waals surface area (Å²) in [5, 5.41) is 15.1. The van der Waals surface area contributed by atoms with E-state index in [1.807, 2.05) is 27.7 Å². The number of carbonyl (C=O) groups is 1. The van der Waals surface area contributed by atoms with E-state index in [1.54, 1.807) is 0 Å². The van der Waals surface area contributed by atoms with Crippen molar-refractivity contribution in [3.63, 3.8) is 0 Å². The summed E-state index contributed by atoms with van der Waals surface area (Å²) in [5.74, 6) is 0.547. The zero-order chi connectivity index (χ0) is 28.9. The Bertz CT molecular complexity index is 1810. The van der Waals surface area contributed by atoms with E-state index in [4.69, 9.17) is 4.98 Å². The van der Waals surface area contributed by atoms with E-state index < -0.39 is 0 Å². The summed E-state index contributed by atoms with van der Waals surface area (Å²) >= 11 is 0.586. The van der Waals surface area contributed by atoms with Crippen molar-refractivity contribution in [3.8, 4) is 10.1 Å². The number of ketones is 1. The molecule has 4 aromatic carbocycles. The Kier molecular flexibility index (Phi) is 11.6. The van der Waals surface area contributed by atoms with Crippen molar-refractivity contribution in [1.82, 2.24) is 4.98 Å². The molecule has 219 valence electrons. The van der Waals surface area contributed by atoms with Gasteiger partial charge in [0.15, 0.2) is 5.78 Å². The molecule has 3 nitrogen and oxygen atoms in total. The van der Waals surface area contributed by atoms with Crippen molar-refractivity contribution in [2.45, 2.75) is 53.4 Å². The van der Waals surface area contributed by atoms with Gasteiger partial charge in [0.25, 0.3) is 0 Å². The van der Waals surface area contributed by atoms with Crippen LogP contribution in [0.3, 0.4) is 0 Å². The second-order valence-electron chi connectivity index (χ2n) is 10.3. The summed E-state index contributed by atoms with van der Waals surface area (Å²) < 4.78 is 5.57. The molecule has 6 aromatic rings. The Hall–Kier alpha value is -2.29. The summed E-state index contributed by atoms with van der Waals surface area (Å²) in [6.07, 6.45) is 4.91. The fourth-order valence-corrected chi connectivity index (χ4v) is 10.0. The molecule has 0 aliphatic carbocycles. The molecule has 6 heteroatoms. The molecule has 0 bridgehead atoms. The summed E-state index contributed by atoms with van der Waals surface area (Å²) in [6, 6.07) is 29.8. The number of aliphatic hydroxyl groups is 1. The fourth-order valence-electron chi connectivity index (χ4n) is 5.39. The molecule has 42 heavy (non-hydrogen) atoms. The molecule has 1 N–H and O–H groups in total. The van der Waals surface area contributed by atoms with E-state index in [1.165, 1.54) is 50.5 Å². The van der Waals surface area contributed by atoms with E-state index in [2.05, 4.69) is 78.9 Å². The van der Waals surface area contributed by atoms with Crippen LogP contribution in [0.25, 0.3) is 50.0 Å². The topological polar surface area (TPSA) is 50.2 Å². The van der Waals surface area contributed by atoms with E-state index in [0.29, 0.717) is 14.5 Å². The van der Waals surface area contributed by atoms with Crippen molar-refractivity contribution >= 4 is 74.6 Å². The van der Waals surface area contributed by atoms with Gasteiger partial charge in [-0.05, 0) is 25.7 Å². The van der Waals surface area contributed by atoms with E-state index in [9.17, 15) is 9.90 Å². The SMILES string of the molecule is CCC(CC)C(=O)/C=C(\O)C(CC)CC.[Ir].[c-]1c(-c2nc3ccccc3[se]2)c2c3ccccc3[se]c2c2ccccc12. The number of rotatable bonds is 8. The van der Waals surface area contributed by atoms with Gasteiger partial charge in [-0.2, -0.15) is 0 Å². The average molecular weight is 865 g/mol. The number of carbonyl (C=O) groups excluding carboxylic acids is 1. The van der Waals surface area contributed by atoms with Gasteiger partial charge in [-0.15, -0.1) is 0 Å². The Labute approximate surface area is 273 Å². The Morgan fingerprint density at radius 2 is 1.40 bits per heavy atom. The van der Waals surface area contributed by atoms with Crippen LogP contribution in [0.4, 0.5) is 0 Å². The van der Waals surface area contributed by atoms with E-state index in [0.717, 1.165) is 31.2 Å². The molecule has 1 radical (unpaired) electrons. The summed E-state index contributed by atoms with van der Waals surface area (Å²) in [4.78, 5) is 16.7. The molecule has 0 spiro atoms. The number of nitrogens with zero attached hydrogens (tertiary/aromatic N) is 1. The quantitative estimate of drug-likeness (QED) is 0.0720. The summed E-state index contributed by atoms with van der Waals surface area (Å²) in [6.45, 7) is 8.07. The predicted octanol–water partition coefficient (Wildman–Crippen LogP) is 9.14. The normalized spacial score (nSPS) is 11.8. The number of aliphatic hydroxyl groups excluding tert-OH is 1. The number of para-hydroxylation sites is 1. The van der Waals surface area contributed by atoms with Crippen LogP contribution in [0.5, 0.6) is 0 Å². The van der Waals surface area contributed by atoms with Crippen molar-refractivity contribution in [2.75, 3.05) is 0 Å². The predicted molar refractivity (Wildman–Crippen MR) is 176 cm³/mol. The van der Waals surface area contributed by atoms with Gasteiger partial charge in [-0.3, -0.25) is 4.79 Å². The van der Waals surface area contributed by atoms with Crippen LogP contribution in [0.1, 0.15) is 53.4 Å². The average Bonchev–Trinajstić information content (AvgIpc) is 3.61.